The van der Waals surface area contributed by atoms with Crippen LogP contribution in [0.25, 0.3) is 6.08 Å². The van der Waals surface area contributed by atoms with Crippen molar-refractivity contribution in [3.8, 4) is 0 Å². The fourth-order valence-corrected chi connectivity index (χ4v) is 2.97. The highest BCUT2D eigenvalue weighted by molar-refractivity contribution is 8.26. The number of carbonyl (C=O) groups excluding carboxylic acids is 1. The number of carbonyl (C=O) groups is 2. The maximum atomic E-state index is 12.1. The quantitative estimate of drug-likeness (QED) is 0.643. The van der Waals surface area contributed by atoms with E-state index in [1.54, 1.807) is 18.5 Å². The zero-order valence-electron chi connectivity index (χ0n) is 9.96. The van der Waals surface area contributed by atoms with Crippen LogP contribution in [0.15, 0.2) is 23.4 Å². The smallest absolute Gasteiger partial charge is 0.303 e. The van der Waals surface area contributed by atoms with Gasteiger partial charge in [0.05, 0.1) is 4.91 Å². The second-order valence-corrected chi connectivity index (χ2v) is 5.65. The minimum atomic E-state index is -0.867. The van der Waals surface area contributed by atoms with Crippen LogP contribution in [-0.4, -0.2) is 37.7 Å². The van der Waals surface area contributed by atoms with Gasteiger partial charge in [0.25, 0.3) is 5.91 Å². The molecule has 0 atom stereocenters. The Morgan fingerprint density at radius 2 is 2.37 bits per heavy atom. The zero-order valence-corrected chi connectivity index (χ0v) is 11.6. The second-order valence-electron chi connectivity index (χ2n) is 3.97. The molecule has 2 rings (SSSR count). The summed E-state index contributed by atoms with van der Waals surface area (Å²) in [6, 6.07) is 1.86. The summed E-state index contributed by atoms with van der Waals surface area (Å²) in [6.45, 7) is 0.349. The van der Waals surface area contributed by atoms with Crippen molar-refractivity contribution in [1.29, 1.82) is 0 Å². The number of carboxylic acid groups (broad SMARTS) is 1. The number of hydrogen-bond acceptors (Lipinski definition) is 4. The molecule has 0 aliphatic carbocycles. The highest BCUT2D eigenvalue weighted by Crippen LogP contribution is 2.32. The molecule has 0 aromatic carbocycles. The van der Waals surface area contributed by atoms with E-state index in [2.05, 4.69) is 4.98 Å². The Morgan fingerprint density at radius 1 is 1.58 bits per heavy atom. The molecule has 2 heterocycles. The number of thiocarbonyl (C=S) groups is 1. The first-order valence-corrected chi connectivity index (χ1v) is 6.90. The molecule has 0 spiro atoms. The molecular formula is C12H12N2O3S2. The number of rotatable bonds is 5. The van der Waals surface area contributed by atoms with Gasteiger partial charge in [-0.25, -0.2) is 0 Å². The summed E-state index contributed by atoms with van der Waals surface area (Å²) in [6.07, 6.45) is 5.77. The van der Waals surface area contributed by atoms with Gasteiger partial charge in [-0.2, -0.15) is 0 Å². The molecule has 1 fully saturated rings. The fraction of sp³-hybridized carbons (Fsp3) is 0.250. The molecule has 1 aliphatic heterocycles. The Morgan fingerprint density at radius 3 is 3.00 bits per heavy atom. The normalized spacial score (nSPS) is 17.5. The van der Waals surface area contributed by atoms with Crippen molar-refractivity contribution in [2.45, 2.75) is 12.8 Å². The molecule has 100 valence electrons. The minimum Gasteiger partial charge on any atom is -0.481 e. The van der Waals surface area contributed by atoms with Crippen LogP contribution >= 0.6 is 24.0 Å². The highest BCUT2D eigenvalue weighted by atomic mass is 32.2. The molecule has 1 aromatic rings. The van der Waals surface area contributed by atoms with Crippen LogP contribution in [0.5, 0.6) is 0 Å². The molecule has 5 nitrogen and oxygen atoms in total. The van der Waals surface area contributed by atoms with Crippen LogP contribution in [0.4, 0.5) is 0 Å². The van der Waals surface area contributed by atoms with Gasteiger partial charge in [0.1, 0.15) is 4.32 Å². The van der Waals surface area contributed by atoms with E-state index in [0.717, 1.165) is 5.56 Å². The van der Waals surface area contributed by atoms with E-state index >= 15 is 0 Å². The van der Waals surface area contributed by atoms with Gasteiger partial charge >= 0.3 is 5.97 Å². The summed E-state index contributed by atoms with van der Waals surface area (Å²) in [5, 5.41) is 8.59. The largest absolute Gasteiger partial charge is 0.481 e. The molecule has 1 aliphatic rings. The van der Waals surface area contributed by atoms with E-state index in [1.807, 2.05) is 6.07 Å². The predicted octanol–water partition coefficient (Wildman–Crippen LogP) is 2.08. The van der Waals surface area contributed by atoms with E-state index in [4.69, 9.17) is 17.3 Å². The third-order valence-corrected chi connectivity index (χ3v) is 3.94. The number of aromatic nitrogens is 1. The molecule has 2 N–H and O–H groups in total. The Labute approximate surface area is 119 Å². The molecule has 0 unspecified atom stereocenters. The maximum Gasteiger partial charge on any atom is 0.303 e. The summed E-state index contributed by atoms with van der Waals surface area (Å²) in [4.78, 5) is 27.5. The number of nitrogens with one attached hydrogen (secondary N) is 1. The number of carboxylic acids is 1. The molecule has 1 saturated heterocycles. The third kappa shape index (κ3) is 3.45. The Kier molecular flexibility index (Phi) is 4.39. The van der Waals surface area contributed by atoms with Crippen molar-refractivity contribution < 1.29 is 14.7 Å². The molecule has 7 heteroatoms. The molecule has 0 saturated carbocycles. The Hall–Kier alpha value is -1.60. The molecular weight excluding hydrogens is 284 g/mol. The van der Waals surface area contributed by atoms with Gasteiger partial charge in [-0.3, -0.25) is 14.5 Å². The van der Waals surface area contributed by atoms with E-state index in [9.17, 15) is 9.59 Å². The first-order chi connectivity index (χ1) is 9.08. The Balaban J connectivity index is 2.02. The van der Waals surface area contributed by atoms with Crippen LogP contribution in [0, 0.1) is 0 Å². The maximum absolute atomic E-state index is 12.1. The topological polar surface area (TPSA) is 73.4 Å². The van der Waals surface area contributed by atoms with Crippen molar-refractivity contribution in [1.82, 2.24) is 9.88 Å². The molecule has 19 heavy (non-hydrogen) atoms. The number of aliphatic carboxylic acids is 1. The lowest BCUT2D eigenvalue weighted by molar-refractivity contribution is -0.137. The lowest BCUT2D eigenvalue weighted by Gasteiger charge is -2.13. The van der Waals surface area contributed by atoms with Gasteiger partial charge < -0.3 is 10.1 Å². The summed E-state index contributed by atoms with van der Waals surface area (Å²) in [5.41, 5.74) is 0.908. The van der Waals surface area contributed by atoms with Crippen molar-refractivity contribution in [2.75, 3.05) is 6.54 Å². The van der Waals surface area contributed by atoms with E-state index in [-0.39, 0.29) is 12.3 Å². The van der Waals surface area contributed by atoms with Gasteiger partial charge in [0.2, 0.25) is 0 Å². The van der Waals surface area contributed by atoms with Gasteiger partial charge in [-0.1, -0.05) is 24.0 Å². The number of nitrogens with zero attached hydrogens (tertiary/aromatic N) is 1. The average molecular weight is 296 g/mol. The van der Waals surface area contributed by atoms with Crippen LogP contribution in [0.1, 0.15) is 18.4 Å². The van der Waals surface area contributed by atoms with Crippen LogP contribution in [0.3, 0.4) is 0 Å². The molecule has 1 amide bonds. The minimum absolute atomic E-state index is 0.0356. The summed E-state index contributed by atoms with van der Waals surface area (Å²) in [5.74, 6) is -1.02. The van der Waals surface area contributed by atoms with Crippen LogP contribution in [-0.2, 0) is 9.59 Å². The van der Waals surface area contributed by atoms with E-state index in [0.29, 0.717) is 22.2 Å². The van der Waals surface area contributed by atoms with Crippen molar-refractivity contribution in [3.05, 3.63) is 28.9 Å². The van der Waals surface area contributed by atoms with Crippen molar-refractivity contribution >= 4 is 46.3 Å². The van der Waals surface area contributed by atoms with Crippen LogP contribution < -0.4 is 0 Å². The SMILES string of the molecule is O=C(O)CCCN1C(=O)/C(=C/c2cc[nH]c2)SC1=S. The standard InChI is InChI=1S/C12H12N2O3S2/c15-10(16)2-1-5-14-11(17)9(19-12(14)18)6-8-3-4-13-7-8/h3-4,6-7,13H,1-2,5H2,(H,15,16)/b9-6-. The molecule has 1 aromatic heterocycles. The first-order valence-electron chi connectivity index (χ1n) is 5.68. The number of thioether (sulfide) groups is 1. The fourth-order valence-electron chi connectivity index (χ4n) is 1.66. The van der Waals surface area contributed by atoms with E-state index in [1.165, 1.54) is 16.7 Å². The van der Waals surface area contributed by atoms with Crippen LogP contribution in [0.2, 0.25) is 0 Å². The summed E-state index contributed by atoms with van der Waals surface area (Å²) >= 11 is 6.39. The summed E-state index contributed by atoms with van der Waals surface area (Å²) in [7, 11) is 0. The van der Waals surface area contributed by atoms with E-state index < -0.39 is 5.97 Å². The molecule has 0 radical (unpaired) electrons. The van der Waals surface area contributed by atoms with Gasteiger partial charge in [-0.15, -0.1) is 0 Å². The Bertz CT molecular complexity index is 537. The van der Waals surface area contributed by atoms with Gasteiger partial charge in [-0.05, 0) is 24.1 Å². The molecule has 0 bridgehead atoms. The lowest BCUT2D eigenvalue weighted by atomic mass is 10.2. The number of H-pyrrole nitrogens is 1. The monoisotopic (exact) mass is 296 g/mol. The zero-order chi connectivity index (χ0) is 13.8. The van der Waals surface area contributed by atoms with Gasteiger partial charge in [0, 0.05) is 25.4 Å². The highest BCUT2D eigenvalue weighted by Gasteiger charge is 2.31. The summed E-state index contributed by atoms with van der Waals surface area (Å²) < 4.78 is 0.483. The van der Waals surface area contributed by atoms with Gasteiger partial charge in [0.15, 0.2) is 0 Å². The number of aromatic amines is 1. The number of hydrogen-bond donors (Lipinski definition) is 2. The number of amides is 1. The average Bonchev–Trinajstić information content (AvgIpc) is 2.93. The predicted molar refractivity (Wildman–Crippen MR) is 77.5 cm³/mol. The third-order valence-electron chi connectivity index (χ3n) is 2.57. The second kappa shape index (κ2) is 6.03. The van der Waals surface area contributed by atoms with Crippen molar-refractivity contribution in [2.24, 2.45) is 0 Å². The van der Waals surface area contributed by atoms with Crippen molar-refractivity contribution in [3.63, 3.8) is 0 Å². The first kappa shape index (κ1) is 13.8. The lowest BCUT2D eigenvalue weighted by Crippen LogP contribution is -2.29.